The quantitative estimate of drug-likeness (QED) is 0.829. The van der Waals surface area contributed by atoms with Crippen molar-refractivity contribution in [2.45, 2.75) is 51.6 Å². The number of hydrogen-bond acceptors (Lipinski definition) is 3. The van der Waals surface area contributed by atoms with Crippen molar-refractivity contribution in [1.29, 1.82) is 0 Å². The Morgan fingerprint density at radius 3 is 2.79 bits per heavy atom. The molecule has 0 amide bonds. The Kier molecular flexibility index (Phi) is 2.62. The lowest BCUT2D eigenvalue weighted by Crippen LogP contribution is -2.35. The lowest BCUT2D eigenvalue weighted by Gasteiger charge is -2.20. The molecule has 0 saturated heterocycles. The van der Waals surface area contributed by atoms with Gasteiger partial charge in [-0.1, -0.05) is 0 Å². The zero-order chi connectivity index (χ0) is 10.2. The summed E-state index contributed by atoms with van der Waals surface area (Å²) >= 11 is 1.78. The largest absolute Gasteiger partial charge is 0.307 e. The Hall–Kier alpha value is -0.410. The van der Waals surface area contributed by atoms with Gasteiger partial charge in [-0.25, -0.2) is 4.98 Å². The van der Waals surface area contributed by atoms with Crippen molar-refractivity contribution in [2.75, 3.05) is 0 Å². The minimum atomic E-state index is 0.199. The van der Waals surface area contributed by atoms with Crippen LogP contribution in [0.15, 0.2) is 5.51 Å². The third-order valence-electron chi connectivity index (χ3n) is 2.42. The molecular formula is C11H18N2S. The summed E-state index contributed by atoms with van der Waals surface area (Å²) < 4.78 is 0. The van der Waals surface area contributed by atoms with Crippen molar-refractivity contribution >= 4 is 11.3 Å². The molecule has 1 N–H and O–H groups in total. The van der Waals surface area contributed by atoms with E-state index in [0.29, 0.717) is 0 Å². The summed E-state index contributed by atoms with van der Waals surface area (Å²) in [5, 5.41) is 3.52. The summed E-state index contributed by atoms with van der Waals surface area (Å²) in [5.41, 5.74) is 3.53. The molecule has 0 radical (unpaired) electrons. The van der Waals surface area contributed by atoms with Crippen LogP contribution in [-0.2, 0) is 6.54 Å². The molecule has 1 aliphatic rings. The lowest BCUT2D eigenvalue weighted by molar-refractivity contribution is 0.425. The topological polar surface area (TPSA) is 24.9 Å². The van der Waals surface area contributed by atoms with Crippen LogP contribution in [0.4, 0.5) is 0 Å². The fourth-order valence-corrected chi connectivity index (χ4v) is 2.24. The standard InChI is InChI=1S/C11H18N2S/c1-11(2,3)13-6-9-10(8-4-5-8)12-7-14-9/h7-8,13H,4-6H2,1-3H3. The van der Waals surface area contributed by atoms with Crippen LogP contribution in [0, 0.1) is 0 Å². The van der Waals surface area contributed by atoms with Gasteiger partial charge in [0, 0.05) is 22.9 Å². The van der Waals surface area contributed by atoms with Crippen molar-refractivity contribution in [3.8, 4) is 0 Å². The fraction of sp³-hybridized carbons (Fsp3) is 0.727. The lowest BCUT2D eigenvalue weighted by atomic mass is 10.1. The molecule has 1 aliphatic carbocycles. The second-order valence-electron chi connectivity index (χ2n) is 5.04. The average Bonchev–Trinajstić information content (AvgIpc) is 2.81. The van der Waals surface area contributed by atoms with Gasteiger partial charge in [-0.05, 0) is 33.6 Å². The van der Waals surface area contributed by atoms with Gasteiger partial charge in [0.2, 0.25) is 0 Å². The summed E-state index contributed by atoms with van der Waals surface area (Å²) in [5.74, 6) is 0.776. The van der Waals surface area contributed by atoms with E-state index in [1.165, 1.54) is 23.4 Å². The second-order valence-corrected chi connectivity index (χ2v) is 5.98. The first-order valence-electron chi connectivity index (χ1n) is 5.23. The van der Waals surface area contributed by atoms with Crippen molar-refractivity contribution < 1.29 is 0 Å². The molecule has 1 saturated carbocycles. The fourth-order valence-electron chi connectivity index (χ4n) is 1.45. The maximum atomic E-state index is 4.46. The highest BCUT2D eigenvalue weighted by Crippen LogP contribution is 2.41. The molecule has 1 aromatic heterocycles. The zero-order valence-corrected chi connectivity index (χ0v) is 9.95. The van der Waals surface area contributed by atoms with Crippen LogP contribution in [0.25, 0.3) is 0 Å². The van der Waals surface area contributed by atoms with Crippen LogP contribution < -0.4 is 5.32 Å². The third-order valence-corrected chi connectivity index (χ3v) is 3.26. The van der Waals surface area contributed by atoms with Crippen LogP contribution in [0.1, 0.15) is 50.1 Å². The number of hydrogen-bond donors (Lipinski definition) is 1. The minimum Gasteiger partial charge on any atom is -0.307 e. The summed E-state index contributed by atoms with van der Waals surface area (Å²) in [7, 11) is 0. The summed E-state index contributed by atoms with van der Waals surface area (Å²) in [6, 6.07) is 0. The highest BCUT2D eigenvalue weighted by Gasteiger charge is 2.28. The van der Waals surface area contributed by atoms with Gasteiger partial charge < -0.3 is 5.32 Å². The van der Waals surface area contributed by atoms with Crippen LogP contribution in [0.3, 0.4) is 0 Å². The second kappa shape index (κ2) is 3.63. The number of aromatic nitrogens is 1. The Labute approximate surface area is 89.8 Å². The Bertz CT molecular complexity index is 307. The van der Waals surface area contributed by atoms with E-state index in [0.717, 1.165) is 12.5 Å². The van der Waals surface area contributed by atoms with E-state index in [-0.39, 0.29) is 5.54 Å². The summed E-state index contributed by atoms with van der Waals surface area (Å²) in [6.45, 7) is 7.57. The number of nitrogens with zero attached hydrogens (tertiary/aromatic N) is 1. The minimum absolute atomic E-state index is 0.199. The van der Waals surface area contributed by atoms with Crippen molar-refractivity contribution in [2.24, 2.45) is 0 Å². The first-order chi connectivity index (χ1) is 6.56. The first-order valence-corrected chi connectivity index (χ1v) is 6.11. The van der Waals surface area contributed by atoms with Gasteiger partial charge in [0.15, 0.2) is 0 Å². The predicted octanol–water partition coefficient (Wildman–Crippen LogP) is 2.91. The van der Waals surface area contributed by atoms with E-state index in [1.807, 2.05) is 5.51 Å². The number of rotatable bonds is 3. The van der Waals surface area contributed by atoms with Gasteiger partial charge in [-0.2, -0.15) is 0 Å². The summed E-state index contributed by atoms with van der Waals surface area (Å²) in [4.78, 5) is 5.89. The highest BCUT2D eigenvalue weighted by atomic mass is 32.1. The van der Waals surface area contributed by atoms with E-state index in [2.05, 4.69) is 31.1 Å². The SMILES string of the molecule is CC(C)(C)NCc1scnc1C1CC1. The first kappa shape index (κ1) is 10.1. The van der Waals surface area contributed by atoms with Crippen molar-refractivity contribution in [3.63, 3.8) is 0 Å². The van der Waals surface area contributed by atoms with E-state index in [1.54, 1.807) is 11.3 Å². The molecule has 2 rings (SSSR count). The molecule has 78 valence electrons. The van der Waals surface area contributed by atoms with Gasteiger partial charge in [-0.3, -0.25) is 0 Å². The zero-order valence-electron chi connectivity index (χ0n) is 9.13. The molecule has 3 heteroatoms. The molecule has 1 aromatic rings. The van der Waals surface area contributed by atoms with E-state index in [4.69, 9.17) is 0 Å². The Morgan fingerprint density at radius 2 is 2.21 bits per heavy atom. The Morgan fingerprint density at radius 1 is 1.50 bits per heavy atom. The molecule has 0 unspecified atom stereocenters. The Balaban J connectivity index is 1.98. The maximum Gasteiger partial charge on any atom is 0.0798 e. The van der Waals surface area contributed by atoms with Gasteiger partial charge in [0.25, 0.3) is 0 Å². The molecule has 1 fully saturated rings. The normalized spacial score (nSPS) is 17.4. The van der Waals surface area contributed by atoms with Crippen LogP contribution in [-0.4, -0.2) is 10.5 Å². The van der Waals surface area contributed by atoms with E-state index in [9.17, 15) is 0 Å². The number of nitrogens with one attached hydrogen (secondary N) is 1. The van der Waals surface area contributed by atoms with Crippen LogP contribution in [0.5, 0.6) is 0 Å². The molecule has 2 nitrogen and oxygen atoms in total. The molecule has 0 atom stereocenters. The number of thiazole rings is 1. The van der Waals surface area contributed by atoms with Crippen LogP contribution in [0.2, 0.25) is 0 Å². The molecule has 0 bridgehead atoms. The summed E-state index contributed by atoms with van der Waals surface area (Å²) in [6.07, 6.45) is 2.68. The van der Waals surface area contributed by atoms with Crippen LogP contribution >= 0.6 is 11.3 Å². The molecule has 0 spiro atoms. The van der Waals surface area contributed by atoms with E-state index >= 15 is 0 Å². The molecule has 0 aliphatic heterocycles. The maximum absolute atomic E-state index is 4.46. The van der Waals surface area contributed by atoms with Gasteiger partial charge in [0.05, 0.1) is 11.2 Å². The van der Waals surface area contributed by atoms with Gasteiger partial charge in [-0.15, -0.1) is 11.3 Å². The molecule has 0 aromatic carbocycles. The molecule has 1 heterocycles. The predicted molar refractivity (Wildman–Crippen MR) is 60.7 cm³/mol. The van der Waals surface area contributed by atoms with Crippen molar-refractivity contribution in [1.82, 2.24) is 10.3 Å². The third kappa shape index (κ3) is 2.55. The van der Waals surface area contributed by atoms with E-state index < -0.39 is 0 Å². The van der Waals surface area contributed by atoms with Gasteiger partial charge in [0.1, 0.15) is 0 Å². The highest BCUT2D eigenvalue weighted by molar-refractivity contribution is 7.09. The average molecular weight is 210 g/mol. The molecule has 14 heavy (non-hydrogen) atoms. The smallest absolute Gasteiger partial charge is 0.0798 e. The van der Waals surface area contributed by atoms with Crippen molar-refractivity contribution in [3.05, 3.63) is 16.1 Å². The molecular weight excluding hydrogens is 192 g/mol. The monoisotopic (exact) mass is 210 g/mol. The van der Waals surface area contributed by atoms with Gasteiger partial charge >= 0.3 is 0 Å².